The lowest BCUT2D eigenvalue weighted by Crippen LogP contribution is -2.55. The van der Waals surface area contributed by atoms with Crippen molar-refractivity contribution in [2.75, 3.05) is 19.6 Å². The van der Waals surface area contributed by atoms with E-state index in [4.69, 9.17) is 5.11 Å². The van der Waals surface area contributed by atoms with Gasteiger partial charge in [0.05, 0.1) is 0 Å². The molecule has 1 N–H and O–H groups in total. The Bertz CT molecular complexity index is 527. The lowest BCUT2D eigenvalue weighted by molar-refractivity contribution is 0.0989. The van der Waals surface area contributed by atoms with Crippen LogP contribution in [0.15, 0.2) is 18.7 Å². The predicted molar refractivity (Wildman–Crippen MR) is 62.3 cm³/mol. The third-order valence-corrected chi connectivity index (χ3v) is 4.64. The average Bonchev–Trinajstić information content (AvgIpc) is 2.82. The molecule has 1 amide bonds. The van der Waals surface area contributed by atoms with Crippen LogP contribution < -0.4 is 0 Å². The number of piperazine rings is 1. The van der Waals surface area contributed by atoms with Crippen molar-refractivity contribution < 1.29 is 18.3 Å². The topological polar surface area (TPSA) is 95.7 Å². The van der Waals surface area contributed by atoms with E-state index in [0.717, 1.165) is 3.97 Å². The fourth-order valence-corrected chi connectivity index (χ4v) is 3.30. The maximum atomic E-state index is 12.2. The van der Waals surface area contributed by atoms with Crippen molar-refractivity contribution in [1.29, 1.82) is 0 Å². The van der Waals surface area contributed by atoms with Crippen LogP contribution in [0.1, 0.15) is 6.92 Å². The van der Waals surface area contributed by atoms with E-state index in [1.54, 1.807) is 6.92 Å². The molecule has 9 heteroatoms. The van der Waals surface area contributed by atoms with Crippen LogP contribution in [0.4, 0.5) is 4.79 Å². The molecule has 1 aliphatic heterocycles. The first-order valence-electron chi connectivity index (χ1n) is 5.41. The third-order valence-electron chi connectivity index (χ3n) is 2.91. The molecule has 0 saturated carbocycles. The second kappa shape index (κ2) is 4.58. The van der Waals surface area contributed by atoms with E-state index >= 15 is 0 Å². The quantitative estimate of drug-likeness (QED) is 0.796. The first-order valence-corrected chi connectivity index (χ1v) is 6.81. The molecule has 0 bridgehead atoms. The van der Waals surface area contributed by atoms with Gasteiger partial charge >= 0.3 is 16.3 Å². The van der Waals surface area contributed by atoms with Crippen molar-refractivity contribution in [1.82, 2.24) is 18.2 Å². The summed E-state index contributed by atoms with van der Waals surface area (Å²) in [7, 11) is -3.63. The zero-order chi connectivity index (χ0) is 13.3. The van der Waals surface area contributed by atoms with Crippen LogP contribution in [-0.4, -0.2) is 63.5 Å². The summed E-state index contributed by atoms with van der Waals surface area (Å²) in [6.07, 6.45) is 2.92. The van der Waals surface area contributed by atoms with Gasteiger partial charge in [0.2, 0.25) is 0 Å². The van der Waals surface area contributed by atoms with E-state index < -0.39 is 16.3 Å². The number of aromatic nitrogens is 2. The van der Waals surface area contributed by atoms with Crippen molar-refractivity contribution >= 4 is 16.3 Å². The Kier molecular flexibility index (Phi) is 3.26. The van der Waals surface area contributed by atoms with Crippen LogP contribution in [0.2, 0.25) is 0 Å². The second-order valence-electron chi connectivity index (χ2n) is 4.08. The monoisotopic (exact) mass is 274 g/mol. The molecule has 1 atom stereocenters. The average molecular weight is 274 g/mol. The minimum absolute atomic E-state index is 0.146. The Morgan fingerprint density at radius 2 is 2.17 bits per heavy atom. The minimum atomic E-state index is -3.63. The van der Waals surface area contributed by atoms with Crippen LogP contribution in [0.25, 0.3) is 0 Å². The molecule has 1 aliphatic rings. The molecule has 18 heavy (non-hydrogen) atoms. The van der Waals surface area contributed by atoms with Crippen molar-refractivity contribution in [3.63, 3.8) is 0 Å². The Morgan fingerprint density at radius 1 is 1.44 bits per heavy atom. The first-order chi connectivity index (χ1) is 8.43. The highest BCUT2D eigenvalue weighted by Crippen LogP contribution is 2.14. The predicted octanol–water partition coefficient (Wildman–Crippen LogP) is -0.340. The number of hydrogen-bond donors (Lipinski definition) is 1. The van der Waals surface area contributed by atoms with Crippen LogP contribution in [-0.2, 0) is 10.2 Å². The molecule has 8 nitrogen and oxygen atoms in total. The second-order valence-corrected chi connectivity index (χ2v) is 5.92. The molecule has 2 rings (SSSR count). The molecule has 2 heterocycles. The molecule has 1 saturated heterocycles. The zero-order valence-electron chi connectivity index (χ0n) is 9.80. The van der Waals surface area contributed by atoms with Crippen molar-refractivity contribution in [3.05, 3.63) is 18.7 Å². The molecule has 0 aromatic carbocycles. The Hall–Kier alpha value is -1.61. The highest BCUT2D eigenvalue weighted by atomic mass is 32.2. The molecule has 1 aromatic rings. The highest BCUT2D eigenvalue weighted by molar-refractivity contribution is 7.87. The third kappa shape index (κ3) is 2.18. The largest absolute Gasteiger partial charge is 0.465 e. The number of carboxylic acid groups (broad SMARTS) is 1. The summed E-state index contributed by atoms with van der Waals surface area (Å²) >= 11 is 0. The molecule has 0 unspecified atom stereocenters. The van der Waals surface area contributed by atoms with Gasteiger partial charge in [0.15, 0.2) is 0 Å². The van der Waals surface area contributed by atoms with Crippen LogP contribution >= 0.6 is 0 Å². The fraction of sp³-hybridized carbons (Fsp3) is 0.556. The minimum Gasteiger partial charge on any atom is -0.465 e. The van der Waals surface area contributed by atoms with Crippen LogP contribution in [0, 0.1) is 0 Å². The number of rotatable bonds is 2. The Labute approximate surface area is 105 Å². The molecular weight excluding hydrogens is 260 g/mol. The summed E-state index contributed by atoms with van der Waals surface area (Å²) in [5.74, 6) is 0. The van der Waals surface area contributed by atoms with E-state index in [2.05, 4.69) is 4.98 Å². The van der Waals surface area contributed by atoms with E-state index in [9.17, 15) is 13.2 Å². The maximum absolute atomic E-state index is 12.2. The molecule has 0 radical (unpaired) electrons. The van der Waals surface area contributed by atoms with Gasteiger partial charge in [-0.2, -0.15) is 12.7 Å². The van der Waals surface area contributed by atoms with Gasteiger partial charge in [0, 0.05) is 38.1 Å². The number of nitrogens with zero attached hydrogens (tertiary/aromatic N) is 4. The molecule has 0 aliphatic carbocycles. The van der Waals surface area contributed by atoms with E-state index in [1.165, 1.54) is 27.9 Å². The van der Waals surface area contributed by atoms with Gasteiger partial charge in [0.1, 0.15) is 6.33 Å². The first kappa shape index (κ1) is 12.8. The smallest absolute Gasteiger partial charge is 0.407 e. The molecular formula is C9H14N4O4S. The summed E-state index contributed by atoms with van der Waals surface area (Å²) in [6, 6.07) is -0.366. The van der Waals surface area contributed by atoms with Gasteiger partial charge in [-0.05, 0) is 6.92 Å². The lowest BCUT2D eigenvalue weighted by atomic mass is 10.2. The summed E-state index contributed by atoms with van der Waals surface area (Å²) in [5.41, 5.74) is 0. The summed E-state index contributed by atoms with van der Waals surface area (Å²) < 4.78 is 26.6. The van der Waals surface area contributed by atoms with Crippen LogP contribution in [0.3, 0.4) is 0 Å². The number of hydrogen-bond acceptors (Lipinski definition) is 4. The standard InChI is InChI=1S/C9H14N4O4S/c1-8-6-11(4-5-13(8)9(14)15)18(16,17)12-3-2-10-7-12/h2-3,7-8H,4-6H2,1H3,(H,14,15)/t8-/m1/s1. The lowest BCUT2D eigenvalue weighted by Gasteiger charge is -2.37. The van der Waals surface area contributed by atoms with Crippen LogP contribution in [0.5, 0.6) is 0 Å². The number of imidazole rings is 1. The van der Waals surface area contributed by atoms with Gasteiger partial charge in [-0.25, -0.2) is 13.8 Å². The van der Waals surface area contributed by atoms with Gasteiger partial charge in [-0.1, -0.05) is 0 Å². The fourth-order valence-electron chi connectivity index (χ4n) is 1.93. The van der Waals surface area contributed by atoms with E-state index in [1.807, 2.05) is 0 Å². The summed E-state index contributed by atoms with van der Waals surface area (Å²) in [5, 5.41) is 8.92. The van der Waals surface area contributed by atoms with Gasteiger partial charge in [-0.3, -0.25) is 0 Å². The number of amides is 1. The summed E-state index contributed by atoms with van der Waals surface area (Å²) in [4.78, 5) is 15.8. The van der Waals surface area contributed by atoms with E-state index in [-0.39, 0.29) is 25.7 Å². The van der Waals surface area contributed by atoms with Crippen molar-refractivity contribution in [2.24, 2.45) is 0 Å². The maximum Gasteiger partial charge on any atom is 0.407 e. The van der Waals surface area contributed by atoms with Crippen molar-refractivity contribution in [2.45, 2.75) is 13.0 Å². The van der Waals surface area contributed by atoms with Crippen molar-refractivity contribution in [3.8, 4) is 0 Å². The van der Waals surface area contributed by atoms with Gasteiger partial charge in [-0.15, -0.1) is 0 Å². The van der Waals surface area contributed by atoms with Gasteiger partial charge < -0.3 is 10.0 Å². The molecule has 0 spiro atoms. The molecule has 1 fully saturated rings. The Balaban J connectivity index is 2.16. The molecule has 1 aromatic heterocycles. The highest BCUT2D eigenvalue weighted by Gasteiger charge is 2.33. The van der Waals surface area contributed by atoms with E-state index in [0.29, 0.717) is 0 Å². The number of carbonyl (C=O) groups is 1. The van der Waals surface area contributed by atoms with Gasteiger partial charge in [0.25, 0.3) is 0 Å². The Morgan fingerprint density at radius 3 is 2.67 bits per heavy atom. The zero-order valence-corrected chi connectivity index (χ0v) is 10.6. The SMILES string of the molecule is C[C@@H]1CN(S(=O)(=O)n2ccnc2)CCN1C(=O)O. The normalized spacial score (nSPS) is 22.1. The summed E-state index contributed by atoms with van der Waals surface area (Å²) in [6.45, 7) is 2.15. The molecule has 100 valence electrons.